The van der Waals surface area contributed by atoms with Crippen LogP contribution in [0.2, 0.25) is 0 Å². The van der Waals surface area contributed by atoms with Gasteiger partial charge in [-0.15, -0.1) is 0 Å². The molecule has 0 saturated heterocycles. The average Bonchev–Trinajstić information content (AvgIpc) is 2.29. The van der Waals surface area contributed by atoms with Crippen LogP contribution in [-0.4, -0.2) is 3.92 Å². The Morgan fingerprint density at radius 1 is 1.25 bits per heavy atom. The van der Waals surface area contributed by atoms with Gasteiger partial charge in [-0.3, -0.25) is 0 Å². The van der Waals surface area contributed by atoms with Gasteiger partial charge in [0, 0.05) is 3.92 Å². The first kappa shape index (κ1) is 5.51. The van der Waals surface area contributed by atoms with Crippen molar-refractivity contribution in [1.29, 1.82) is 0 Å². The molecule has 8 heavy (non-hydrogen) atoms. The molecule has 2 fully saturated rings. The number of fused-ring (bicyclic) bond motifs is 1. The summed E-state index contributed by atoms with van der Waals surface area (Å²) in [6, 6.07) is 0. The smallest absolute Gasteiger partial charge is 0.0115 e. The number of hydrogen-bond donors (Lipinski definition) is 0. The standard InChI is InChI=1S/C7H11I/c1-4-6-2-5(8)3-7(4)6/h4-7H,2-3H2,1H3. The molecule has 0 heterocycles. The molecule has 2 unspecified atom stereocenters. The lowest BCUT2D eigenvalue weighted by atomic mass is 10.2. The zero-order chi connectivity index (χ0) is 5.72. The van der Waals surface area contributed by atoms with Gasteiger partial charge in [0.1, 0.15) is 0 Å². The summed E-state index contributed by atoms with van der Waals surface area (Å²) >= 11 is 2.59. The van der Waals surface area contributed by atoms with Gasteiger partial charge >= 0.3 is 0 Å². The molecule has 1 heteroatoms. The Balaban J connectivity index is 2.00. The van der Waals surface area contributed by atoms with Crippen LogP contribution >= 0.6 is 22.6 Å². The Labute approximate surface area is 64.2 Å². The molecule has 0 amide bonds. The number of rotatable bonds is 0. The first-order valence-corrected chi connectivity index (χ1v) is 4.67. The maximum Gasteiger partial charge on any atom is 0.0115 e. The van der Waals surface area contributed by atoms with Crippen LogP contribution < -0.4 is 0 Å². The summed E-state index contributed by atoms with van der Waals surface area (Å²) in [5.74, 6) is 3.40. The van der Waals surface area contributed by atoms with Crippen LogP contribution in [0.25, 0.3) is 0 Å². The van der Waals surface area contributed by atoms with Crippen molar-refractivity contribution < 1.29 is 0 Å². The molecule has 2 rings (SSSR count). The van der Waals surface area contributed by atoms with Crippen molar-refractivity contribution in [3.8, 4) is 0 Å². The molecule has 0 bridgehead atoms. The summed E-state index contributed by atoms with van der Waals surface area (Å²) in [7, 11) is 0. The van der Waals surface area contributed by atoms with Gasteiger partial charge in [-0.1, -0.05) is 29.5 Å². The van der Waals surface area contributed by atoms with E-state index in [4.69, 9.17) is 0 Å². The van der Waals surface area contributed by atoms with Crippen LogP contribution in [0.4, 0.5) is 0 Å². The molecule has 2 aliphatic carbocycles. The molecule has 2 atom stereocenters. The van der Waals surface area contributed by atoms with Gasteiger partial charge < -0.3 is 0 Å². The van der Waals surface area contributed by atoms with Crippen molar-refractivity contribution in [3.05, 3.63) is 0 Å². The molecule has 0 radical (unpaired) electrons. The molecule has 2 aliphatic rings. The largest absolute Gasteiger partial charge is 0.0826 e. The van der Waals surface area contributed by atoms with Crippen molar-refractivity contribution in [1.82, 2.24) is 0 Å². The molecule has 0 spiro atoms. The van der Waals surface area contributed by atoms with Crippen LogP contribution in [-0.2, 0) is 0 Å². The molecular weight excluding hydrogens is 211 g/mol. The summed E-state index contributed by atoms with van der Waals surface area (Å²) < 4.78 is 1.03. The Bertz CT molecular complexity index is 99.0. The molecule has 0 aliphatic heterocycles. The fourth-order valence-corrected chi connectivity index (χ4v) is 3.28. The molecule has 0 aromatic carbocycles. The third-order valence-electron chi connectivity index (χ3n) is 2.82. The van der Waals surface area contributed by atoms with E-state index >= 15 is 0 Å². The summed E-state index contributed by atoms with van der Waals surface area (Å²) in [5.41, 5.74) is 0. The Morgan fingerprint density at radius 2 is 1.75 bits per heavy atom. The van der Waals surface area contributed by atoms with E-state index in [9.17, 15) is 0 Å². The van der Waals surface area contributed by atoms with Crippen molar-refractivity contribution >= 4 is 22.6 Å². The SMILES string of the molecule is CC1C2CC(I)CC12. The lowest BCUT2D eigenvalue weighted by Crippen LogP contribution is -1.94. The van der Waals surface area contributed by atoms with E-state index in [0.29, 0.717) is 0 Å². The molecule has 0 N–H and O–H groups in total. The minimum atomic E-state index is 1.03. The van der Waals surface area contributed by atoms with Crippen LogP contribution in [0, 0.1) is 17.8 Å². The highest BCUT2D eigenvalue weighted by Gasteiger charge is 2.52. The molecule has 2 saturated carbocycles. The van der Waals surface area contributed by atoms with Crippen LogP contribution in [0.5, 0.6) is 0 Å². The minimum absolute atomic E-state index is 1.03. The van der Waals surface area contributed by atoms with Gasteiger partial charge in [0.05, 0.1) is 0 Å². The predicted molar refractivity (Wildman–Crippen MR) is 43.2 cm³/mol. The monoisotopic (exact) mass is 222 g/mol. The zero-order valence-corrected chi connectivity index (χ0v) is 7.26. The van der Waals surface area contributed by atoms with Crippen LogP contribution in [0.1, 0.15) is 19.8 Å². The van der Waals surface area contributed by atoms with Crippen molar-refractivity contribution in [2.75, 3.05) is 0 Å². The summed E-state index contributed by atoms with van der Waals surface area (Å²) in [5, 5.41) is 0. The van der Waals surface area contributed by atoms with Gasteiger partial charge in [0.25, 0.3) is 0 Å². The second kappa shape index (κ2) is 1.61. The van der Waals surface area contributed by atoms with E-state index < -0.39 is 0 Å². The van der Waals surface area contributed by atoms with Gasteiger partial charge in [-0.05, 0) is 30.6 Å². The van der Waals surface area contributed by atoms with E-state index in [1.54, 1.807) is 0 Å². The molecule has 0 nitrogen and oxygen atoms in total. The first-order chi connectivity index (χ1) is 3.79. The summed E-state index contributed by atoms with van der Waals surface area (Å²) in [6.45, 7) is 2.40. The second-order valence-corrected chi connectivity index (χ2v) is 5.02. The van der Waals surface area contributed by atoms with E-state index in [1.165, 1.54) is 12.8 Å². The number of hydrogen-bond acceptors (Lipinski definition) is 0. The maximum absolute atomic E-state index is 2.59. The summed E-state index contributed by atoms with van der Waals surface area (Å²) in [4.78, 5) is 0. The lowest BCUT2D eigenvalue weighted by molar-refractivity contribution is 0.652. The van der Waals surface area contributed by atoms with E-state index in [2.05, 4.69) is 29.5 Å². The summed E-state index contributed by atoms with van der Waals surface area (Å²) in [6.07, 6.45) is 3.04. The first-order valence-electron chi connectivity index (χ1n) is 3.43. The van der Waals surface area contributed by atoms with Gasteiger partial charge in [-0.25, -0.2) is 0 Å². The normalized spacial score (nSPS) is 60.8. The minimum Gasteiger partial charge on any atom is -0.0826 e. The average molecular weight is 222 g/mol. The van der Waals surface area contributed by atoms with Crippen molar-refractivity contribution in [2.24, 2.45) is 17.8 Å². The van der Waals surface area contributed by atoms with Gasteiger partial charge in [-0.2, -0.15) is 0 Å². The number of halogens is 1. The quantitative estimate of drug-likeness (QED) is 0.436. The molecule has 0 aromatic rings. The predicted octanol–water partition coefficient (Wildman–Crippen LogP) is 2.47. The van der Waals surface area contributed by atoms with E-state index in [0.717, 1.165) is 21.7 Å². The third-order valence-corrected chi connectivity index (χ3v) is 3.83. The lowest BCUT2D eigenvalue weighted by Gasteiger charge is -2.00. The fraction of sp³-hybridized carbons (Fsp3) is 1.00. The fourth-order valence-electron chi connectivity index (χ4n) is 2.10. The van der Waals surface area contributed by atoms with Gasteiger partial charge in [0.15, 0.2) is 0 Å². The Morgan fingerprint density at radius 3 is 2.12 bits per heavy atom. The van der Waals surface area contributed by atoms with Crippen molar-refractivity contribution in [3.63, 3.8) is 0 Å². The van der Waals surface area contributed by atoms with Crippen LogP contribution in [0.15, 0.2) is 0 Å². The highest BCUT2D eigenvalue weighted by molar-refractivity contribution is 14.1. The van der Waals surface area contributed by atoms with Crippen molar-refractivity contribution in [2.45, 2.75) is 23.7 Å². The molecule has 0 aromatic heterocycles. The van der Waals surface area contributed by atoms with E-state index in [1.807, 2.05) is 0 Å². The van der Waals surface area contributed by atoms with Crippen LogP contribution in [0.3, 0.4) is 0 Å². The number of alkyl halides is 1. The topological polar surface area (TPSA) is 0 Å². The van der Waals surface area contributed by atoms with Gasteiger partial charge in [0.2, 0.25) is 0 Å². The zero-order valence-electron chi connectivity index (χ0n) is 5.10. The Hall–Kier alpha value is 0.730. The highest BCUT2D eigenvalue weighted by Crippen LogP contribution is 2.58. The third kappa shape index (κ3) is 0.630. The Kier molecular flexibility index (Phi) is 1.11. The second-order valence-electron chi connectivity index (χ2n) is 3.26. The maximum atomic E-state index is 2.59. The molecular formula is C7H11I. The van der Waals surface area contributed by atoms with E-state index in [-0.39, 0.29) is 0 Å². The highest BCUT2D eigenvalue weighted by atomic mass is 127. The molecule has 46 valence electrons.